The monoisotopic (exact) mass is 367 g/mol. The highest BCUT2D eigenvalue weighted by atomic mass is 16.5. The summed E-state index contributed by atoms with van der Waals surface area (Å²) in [6, 6.07) is 0.265. The Balaban J connectivity index is 1.62. The highest BCUT2D eigenvalue weighted by Crippen LogP contribution is 2.21. The summed E-state index contributed by atoms with van der Waals surface area (Å²) in [6.45, 7) is 9.00. The van der Waals surface area contributed by atoms with Crippen LogP contribution in [0.1, 0.15) is 65.7 Å². The largest absolute Gasteiger partial charge is 0.379 e. The van der Waals surface area contributed by atoms with Gasteiger partial charge >= 0.3 is 0 Å². The molecule has 1 heterocycles. The summed E-state index contributed by atoms with van der Waals surface area (Å²) in [5.41, 5.74) is 0. The standard InChI is InChI=1S/C20H37N3O3/c1-15(2)26-14-6-11-21-20(25)17-9-12-23(13-10-17)16(3)19(24)22-18-7-4-5-8-18/h15-18H,4-14H2,1-3H3,(H,21,25)(H,22,24)/t16-/m0/s1. The first-order valence-electron chi connectivity index (χ1n) is 10.4. The minimum Gasteiger partial charge on any atom is -0.379 e. The van der Waals surface area contributed by atoms with Crippen LogP contribution < -0.4 is 10.6 Å². The summed E-state index contributed by atoms with van der Waals surface area (Å²) in [5, 5.41) is 6.21. The second-order valence-corrected chi connectivity index (χ2v) is 8.04. The van der Waals surface area contributed by atoms with Crippen molar-refractivity contribution in [2.24, 2.45) is 5.92 Å². The molecule has 1 aliphatic carbocycles. The van der Waals surface area contributed by atoms with Gasteiger partial charge in [-0.05, 0) is 66.0 Å². The number of hydrogen-bond donors (Lipinski definition) is 2. The lowest BCUT2D eigenvalue weighted by Crippen LogP contribution is -2.51. The predicted molar refractivity (Wildman–Crippen MR) is 103 cm³/mol. The van der Waals surface area contributed by atoms with Crippen molar-refractivity contribution >= 4 is 11.8 Å². The average molecular weight is 368 g/mol. The van der Waals surface area contributed by atoms with Crippen molar-refractivity contribution < 1.29 is 14.3 Å². The number of amides is 2. The van der Waals surface area contributed by atoms with E-state index in [1.54, 1.807) is 0 Å². The molecule has 1 atom stereocenters. The van der Waals surface area contributed by atoms with Crippen LogP contribution in [0, 0.1) is 5.92 Å². The van der Waals surface area contributed by atoms with Gasteiger partial charge in [-0.25, -0.2) is 0 Å². The van der Waals surface area contributed by atoms with Crippen LogP contribution in [-0.4, -0.2) is 61.1 Å². The van der Waals surface area contributed by atoms with Gasteiger partial charge in [-0.15, -0.1) is 0 Å². The summed E-state index contributed by atoms with van der Waals surface area (Å²) >= 11 is 0. The molecule has 2 N–H and O–H groups in total. The van der Waals surface area contributed by atoms with E-state index in [-0.39, 0.29) is 29.9 Å². The number of nitrogens with one attached hydrogen (secondary N) is 2. The molecule has 6 nitrogen and oxygen atoms in total. The molecule has 1 aliphatic heterocycles. The lowest BCUT2D eigenvalue weighted by molar-refractivity contribution is -0.129. The molecular formula is C20H37N3O3. The minimum absolute atomic E-state index is 0.0716. The van der Waals surface area contributed by atoms with Crippen LogP contribution in [0.2, 0.25) is 0 Å². The van der Waals surface area contributed by atoms with Gasteiger partial charge in [0.15, 0.2) is 0 Å². The molecule has 2 fully saturated rings. The first-order valence-corrected chi connectivity index (χ1v) is 10.4. The number of hydrogen-bond acceptors (Lipinski definition) is 4. The third-order valence-corrected chi connectivity index (χ3v) is 5.60. The fraction of sp³-hybridized carbons (Fsp3) is 0.900. The maximum atomic E-state index is 12.4. The molecule has 0 bridgehead atoms. The van der Waals surface area contributed by atoms with Gasteiger partial charge in [0.25, 0.3) is 0 Å². The summed E-state index contributed by atoms with van der Waals surface area (Å²) in [5.74, 6) is 0.365. The van der Waals surface area contributed by atoms with Crippen molar-refractivity contribution in [3.8, 4) is 0 Å². The molecule has 6 heteroatoms. The lowest BCUT2D eigenvalue weighted by atomic mass is 9.95. The molecule has 0 unspecified atom stereocenters. The van der Waals surface area contributed by atoms with Gasteiger partial charge in [-0.2, -0.15) is 0 Å². The van der Waals surface area contributed by atoms with Gasteiger partial charge in [0, 0.05) is 25.1 Å². The van der Waals surface area contributed by atoms with E-state index in [1.165, 1.54) is 12.8 Å². The van der Waals surface area contributed by atoms with Gasteiger partial charge in [-0.1, -0.05) is 12.8 Å². The van der Waals surface area contributed by atoms with E-state index < -0.39 is 0 Å². The fourth-order valence-electron chi connectivity index (χ4n) is 3.85. The van der Waals surface area contributed by atoms with Crippen LogP contribution in [-0.2, 0) is 14.3 Å². The molecule has 0 aromatic heterocycles. The smallest absolute Gasteiger partial charge is 0.237 e. The van der Waals surface area contributed by atoms with Crippen molar-refractivity contribution in [1.29, 1.82) is 0 Å². The first kappa shape index (κ1) is 21.2. The Morgan fingerprint density at radius 3 is 2.35 bits per heavy atom. The SMILES string of the molecule is CC(C)OCCCNC(=O)C1CCN([C@@H](C)C(=O)NC2CCCC2)CC1. The van der Waals surface area contributed by atoms with Crippen LogP contribution in [0.3, 0.4) is 0 Å². The molecule has 1 saturated carbocycles. The molecule has 0 radical (unpaired) electrons. The Hall–Kier alpha value is -1.14. The molecule has 2 aliphatic rings. The van der Waals surface area contributed by atoms with E-state index in [0.29, 0.717) is 19.2 Å². The van der Waals surface area contributed by atoms with Gasteiger partial charge in [0.1, 0.15) is 0 Å². The zero-order valence-corrected chi connectivity index (χ0v) is 16.8. The van der Waals surface area contributed by atoms with Crippen molar-refractivity contribution in [2.45, 2.75) is 83.9 Å². The van der Waals surface area contributed by atoms with Crippen molar-refractivity contribution in [3.63, 3.8) is 0 Å². The van der Waals surface area contributed by atoms with E-state index in [9.17, 15) is 9.59 Å². The zero-order valence-electron chi connectivity index (χ0n) is 16.8. The van der Waals surface area contributed by atoms with Gasteiger partial charge in [0.2, 0.25) is 11.8 Å². The number of nitrogens with zero attached hydrogens (tertiary/aromatic N) is 1. The minimum atomic E-state index is -0.104. The quantitative estimate of drug-likeness (QED) is 0.612. The van der Waals surface area contributed by atoms with Crippen LogP contribution in [0.25, 0.3) is 0 Å². The number of carbonyl (C=O) groups excluding carboxylic acids is 2. The van der Waals surface area contributed by atoms with Crippen molar-refractivity contribution in [1.82, 2.24) is 15.5 Å². The molecular weight excluding hydrogens is 330 g/mol. The number of likely N-dealkylation sites (tertiary alicyclic amines) is 1. The predicted octanol–water partition coefficient (Wildman–Crippen LogP) is 2.08. The maximum Gasteiger partial charge on any atom is 0.237 e. The van der Waals surface area contributed by atoms with E-state index >= 15 is 0 Å². The molecule has 0 aromatic carbocycles. The van der Waals surface area contributed by atoms with Crippen LogP contribution in [0.15, 0.2) is 0 Å². The third-order valence-electron chi connectivity index (χ3n) is 5.60. The van der Waals surface area contributed by atoms with Crippen LogP contribution in [0.5, 0.6) is 0 Å². The molecule has 2 amide bonds. The Morgan fingerprint density at radius 2 is 1.73 bits per heavy atom. The highest BCUT2D eigenvalue weighted by molar-refractivity contribution is 5.82. The normalized spacial score (nSPS) is 21.1. The van der Waals surface area contributed by atoms with Crippen molar-refractivity contribution in [2.75, 3.05) is 26.2 Å². The van der Waals surface area contributed by atoms with E-state index in [1.807, 2.05) is 20.8 Å². The molecule has 150 valence electrons. The second kappa shape index (κ2) is 10.9. The number of ether oxygens (including phenoxy) is 1. The van der Waals surface area contributed by atoms with Crippen molar-refractivity contribution in [3.05, 3.63) is 0 Å². The first-order chi connectivity index (χ1) is 12.5. The Bertz CT molecular complexity index is 442. The molecule has 26 heavy (non-hydrogen) atoms. The summed E-state index contributed by atoms with van der Waals surface area (Å²) < 4.78 is 5.48. The molecule has 0 aromatic rings. The number of rotatable bonds is 9. The third kappa shape index (κ3) is 6.88. The topological polar surface area (TPSA) is 70.7 Å². The maximum absolute atomic E-state index is 12.4. The number of piperidine rings is 1. The Morgan fingerprint density at radius 1 is 1.08 bits per heavy atom. The van der Waals surface area contributed by atoms with E-state index in [0.717, 1.165) is 45.2 Å². The summed E-state index contributed by atoms with van der Waals surface area (Å²) in [6.07, 6.45) is 7.42. The molecule has 0 spiro atoms. The number of carbonyl (C=O) groups is 2. The molecule has 1 saturated heterocycles. The average Bonchev–Trinajstić information content (AvgIpc) is 3.13. The summed E-state index contributed by atoms with van der Waals surface area (Å²) in [4.78, 5) is 26.9. The fourth-order valence-corrected chi connectivity index (χ4v) is 3.85. The second-order valence-electron chi connectivity index (χ2n) is 8.04. The summed E-state index contributed by atoms with van der Waals surface area (Å²) in [7, 11) is 0. The van der Waals surface area contributed by atoms with Gasteiger partial charge in [-0.3, -0.25) is 14.5 Å². The van der Waals surface area contributed by atoms with Crippen LogP contribution in [0.4, 0.5) is 0 Å². The lowest BCUT2D eigenvalue weighted by Gasteiger charge is -2.35. The van der Waals surface area contributed by atoms with Gasteiger partial charge in [0.05, 0.1) is 12.1 Å². The zero-order chi connectivity index (χ0) is 18.9. The Labute approximate surface area is 158 Å². The van der Waals surface area contributed by atoms with E-state index in [4.69, 9.17) is 4.74 Å². The Kier molecular flexibility index (Phi) is 8.85. The van der Waals surface area contributed by atoms with E-state index in [2.05, 4.69) is 15.5 Å². The molecule has 2 rings (SSSR count). The highest BCUT2D eigenvalue weighted by Gasteiger charge is 2.30. The van der Waals surface area contributed by atoms with Gasteiger partial charge < -0.3 is 15.4 Å². The van der Waals surface area contributed by atoms with Crippen LogP contribution >= 0.6 is 0 Å².